The molecule has 13 aliphatic rings. The molecule has 13 rings (SSSR count). The van der Waals surface area contributed by atoms with Crippen LogP contribution in [0.3, 0.4) is 0 Å². The van der Waals surface area contributed by atoms with Crippen molar-refractivity contribution in [2.24, 2.45) is 74.9 Å². The van der Waals surface area contributed by atoms with Crippen molar-refractivity contribution in [1.29, 1.82) is 0 Å². The number of rotatable bonds is 0. The Morgan fingerprint density at radius 2 is 0.826 bits per heavy atom. The van der Waals surface area contributed by atoms with E-state index in [-0.39, 0.29) is 0 Å². The molecule has 0 amide bonds. The van der Waals surface area contributed by atoms with Gasteiger partial charge in [-0.05, 0) is 133 Å². The Bertz CT molecular complexity index is 578. The zero-order valence-electron chi connectivity index (χ0n) is 14.6. The molecule has 0 aromatic heterocycles. The Morgan fingerprint density at radius 3 is 1.13 bits per heavy atom. The highest BCUT2D eigenvalue weighted by Crippen LogP contribution is 2.99. The van der Waals surface area contributed by atoms with Crippen LogP contribution in [-0.2, 0) is 0 Å². The van der Waals surface area contributed by atoms with Gasteiger partial charge in [0.05, 0.1) is 0 Å². The first-order valence-corrected chi connectivity index (χ1v) is 11.1. The quantitative estimate of drug-likeness (QED) is 0.582. The maximum atomic E-state index is 2.95. The molecule has 13 fully saturated rings. The molecule has 13 bridgehead atoms. The fraction of sp³-hybridized carbons (Fsp3) is 1.00. The van der Waals surface area contributed by atoms with Crippen molar-refractivity contribution in [2.45, 2.75) is 64.7 Å². The van der Waals surface area contributed by atoms with Crippen LogP contribution >= 0.6 is 0 Å². The van der Waals surface area contributed by atoms with Crippen molar-refractivity contribution in [3.63, 3.8) is 0 Å². The predicted octanol–water partition coefficient (Wildman–Crippen LogP) is 5.13. The second-order valence-electron chi connectivity index (χ2n) is 12.7. The van der Waals surface area contributed by atoms with E-state index in [0.717, 1.165) is 21.7 Å². The van der Waals surface area contributed by atoms with Crippen LogP contribution in [0, 0.1) is 74.9 Å². The van der Waals surface area contributed by atoms with Crippen LogP contribution in [0.15, 0.2) is 0 Å². The molecule has 0 radical (unpaired) electrons. The maximum Gasteiger partial charge on any atom is -0.0147 e. The van der Waals surface area contributed by atoms with E-state index in [2.05, 4.69) is 6.92 Å². The van der Waals surface area contributed by atoms with Gasteiger partial charge in [-0.2, -0.15) is 0 Å². The molecule has 122 valence electrons. The molecule has 0 heterocycles. The Hall–Kier alpha value is 0. The first kappa shape index (κ1) is 11.6. The zero-order valence-corrected chi connectivity index (χ0v) is 14.6. The van der Waals surface area contributed by atoms with Crippen LogP contribution in [-0.4, -0.2) is 0 Å². The molecule has 0 aliphatic heterocycles. The van der Waals surface area contributed by atoms with Crippen molar-refractivity contribution >= 4 is 0 Å². The summed E-state index contributed by atoms with van der Waals surface area (Å²) in [7, 11) is 0. The van der Waals surface area contributed by atoms with Crippen molar-refractivity contribution in [2.75, 3.05) is 0 Å². The third-order valence-electron chi connectivity index (χ3n) is 13.4. The lowest BCUT2D eigenvalue weighted by molar-refractivity contribution is -0.497. The lowest BCUT2D eigenvalue weighted by atomic mass is 9.07. The summed E-state index contributed by atoms with van der Waals surface area (Å²) in [6, 6.07) is 0. The minimum absolute atomic E-state index is 0.807. The van der Waals surface area contributed by atoms with Gasteiger partial charge in [0.1, 0.15) is 0 Å². The highest BCUT2D eigenvalue weighted by Gasteiger charge is 2.93. The Labute approximate surface area is 140 Å². The lowest BCUT2D eigenvalue weighted by Crippen LogP contribution is -2.92. The maximum absolute atomic E-state index is 2.95. The topological polar surface area (TPSA) is 0 Å². The van der Waals surface area contributed by atoms with E-state index in [1.165, 1.54) is 53.3 Å². The van der Waals surface area contributed by atoms with Gasteiger partial charge >= 0.3 is 0 Å². The average molecular weight is 306 g/mol. The number of hydrogen-bond acceptors (Lipinski definition) is 0. The summed E-state index contributed by atoms with van der Waals surface area (Å²) in [6.45, 7) is 2.95. The van der Waals surface area contributed by atoms with E-state index in [1.54, 1.807) is 57.8 Å². The molecule has 0 N–H and O–H groups in total. The molecular formula is C23H30. The van der Waals surface area contributed by atoms with E-state index in [4.69, 9.17) is 0 Å². The van der Waals surface area contributed by atoms with Crippen LogP contribution < -0.4 is 0 Å². The average Bonchev–Trinajstić information content (AvgIpc) is 2.48. The highest BCUT2D eigenvalue weighted by molar-refractivity contribution is 5.41. The van der Waals surface area contributed by atoms with E-state index in [0.29, 0.717) is 0 Å². The first-order chi connectivity index (χ1) is 11.1. The summed E-state index contributed by atoms with van der Waals surface area (Å²) in [5, 5.41) is 0. The fourth-order valence-corrected chi connectivity index (χ4v) is 14.7. The molecule has 0 unspecified atom stereocenters. The molecule has 0 nitrogen and oxygen atoms in total. The minimum Gasteiger partial charge on any atom is -0.0580 e. The molecule has 13 saturated carbocycles. The summed E-state index contributed by atoms with van der Waals surface area (Å²) in [5.74, 6) is 10.8. The van der Waals surface area contributed by atoms with Crippen LogP contribution in [0.2, 0.25) is 0 Å². The van der Waals surface area contributed by atoms with Crippen LogP contribution in [0.25, 0.3) is 0 Å². The molecule has 0 aromatic rings. The fourth-order valence-electron chi connectivity index (χ4n) is 14.7. The molecule has 0 aromatic carbocycles. The molecular weight excluding hydrogens is 276 g/mol. The van der Waals surface area contributed by atoms with Gasteiger partial charge in [-0.1, -0.05) is 6.92 Å². The Balaban J connectivity index is 1.50. The normalized spacial score (nSPS) is 85.2. The van der Waals surface area contributed by atoms with Gasteiger partial charge in [-0.25, -0.2) is 0 Å². The molecule has 13 aliphatic carbocycles. The zero-order chi connectivity index (χ0) is 14.6. The molecule has 0 heteroatoms. The highest BCUT2D eigenvalue weighted by atomic mass is 15.0. The van der Waals surface area contributed by atoms with Gasteiger partial charge in [-0.15, -0.1) is 0 Å². The lowest BCUT2D eigenvalue weighted by Gasteiger charge is -2.97. The summed E-state index contributed by atoms with van der Waals surface area (Å²) >= 11 is 0. The second-order valence-corrected chi connectivity index (χ2v) is 12.7. The van der Waals surface area contributed by atoms with Gasteiger partial charge in [-0.3, -0.25) is 0 Å². The van der Waals surface area contributed by atoms with Crippen molar-refractivity contribution < 1.29 is 0 Å². The smallest absolute Gasteiger partial charge is 0.0147 e. The second kappa shape index (κ2) is 2.69. The van der Waals surface area contributed by atoms with Gasteiger partial charge in [0.2, 0.25) is 0 Å². The molecule has 3 spiro atoms. The van der Waals surface area contributed by atoms with E-state index < -0.39 is 0 Å². The number of hydrogen-bond donors (Lipinski definition) is 0. The standard InChI is InChI=1S/C23H30/c1-20-21-5-11-2-14-17(21)15-3-12(7-21)9-23(20)10-13-4-16(19(15)23)18(14)22(20,6-11)8-13/h11-19H,2-10H2,1H3. The minimum atomic E-state index is 0.807. The molecule has 0 atom stereocenters. The largest absolute Gasteiger partial charge is 0.0580 e. The summed E-state index contributed by atoms with van der Waals surface area (Å²) in [4.78, 5) is 0. The van der Waals surface area contributed by atoms with Crippen molar-refractivity contribution in [3.05, 3.63) is 0 Å². The summed E-state index contributed by atoms with van der Waals surface area (Å²) in [5.41, 5.74) is 3.40. The van der Waals surface area contributed by atoms with Crippen molar-refractivity contribution in [3.8, 4) is 0 Å². The van der Waals surface area contributed by atoms with Crippen molar-refractivity contribution in [1.82, 2.24) is 0 Å². The van der Waals surface area contributed by atoms with Gasteiger partial charge in [0, 0.05) is 0 Å². The van der Waals surface area contributed by atoms with Gasteiger partial charge in [0.15, 0.2) is 0 Å². The van der Waals surface area contributed by atoms with Gasteiger partial charge < -0.3 is 0 Å². The first-order valence-electron chi connectivity index (χ1n) is 11.1. The summed E-state index contributed by atoms with van der Waals surface area (Å²) in [6.07, 6.45) is 15.3. The predicted molar refractivity (Wildman–Crippen MR) is 88.4 cm³/mol. The third-order valence-corrected chi connectivity index (χ3v) is 13.4. The summed E-state index contributed by atoms with van der Waals surface area (Å²) < 4.78 is 0. The Morgan fingerprint density at radius 1 is 0.522 bits per heavy atom. The van der Waals surface area contributed by atoms with Crippen LogP contribution in [0.1, 0.15) is 64.7 Å². The molecule has 0 saturated heterocycles. The van der Waals surface area contributed by atoms with E-state index >= 15 is 0 Å². The SMILES string of the molecule is CC12C34CC5CC6C3C3CC(C4)CC14CC1CC(C6C2(C5)C1)C34. The Kier molecular flexibility index (Phi) is 1.36. The van der Waals surface area contributed by atoms with Crippen LogP contribution in [0.4, 0.5) is 0 Å². The molecule has 23 heavy (non-hydrogen) atoms. The van der Waals surface area contributed by atoms with E-state index in [9.17, 15) is 0 Å². The third kappa shape index (κ3) is 0.714. The van der Waals surface area contributed by atoms with E-state index in [1.807, 2.05) is 0 Å². The monoisotopic (exact) mass is 306 g/mol. The van der Waals surface area contributed by atoms with Gasteiger partial charge in [0.25, 0.3) is 0 Å². The van der Waals surface area contributed by atoms with Crippen LogP contribution in [0.5, 0.6) is 0 Å².